The molecule has 1 aromatic rings. The average Bonchev–Trinajstić information content (AvgIpc) is 2.37. The Morgan fingerprint density at radius 3 is 2.50 bits per heavy atom. The summed E-state index contributed by atoms with van der Waals surface area (Å²) in [5.74, 6) is 1.42. The van der Waals surface area contributed by atoms with Gasteiger partial charge in [0.2, 0.25) is 0 Å². The van der Waals surface area contributed by atoms with Crippen LogP contribution in [0.15, 0.2) is 24.3 Å². The van der Waals surface area contributed by atoms with Crippen molar-refractivity contribution in [3.8, 4) is 5.75 Å². The van der Waals surface area contributed by atoms with E-state index in [1.165, 1.54) is 31.2 Å². The molecule has 2 fully saturated rings. The third-order valence-corrected chi connectivity index (χ3v) is 5.29. The molecule has 0 saturated heterocycles. The average molecular weight is 246 g/mol. The summed E-state index contributed by atoms with van der Waals surface area (Å²) in [6.45, 7) is 0.292. The first kappa shape index (κ1) is 12.0. The number of phenolic OH excluding ortho intramolecular Hbond substituents is 1. The number of aliphatic hydroxyl groups excluding tert-OH is 1. The molecule has 2 N–H and O–H groups in total. The van der Waals surface area contributed by atoms with E-state index in [1.54, 1.807) is 6.07 Å². The molecule has 0 radical (unpaired) electrons. The molecule has 0 spiro atoms. The number of aliphatic hydroxyl groups is 1. The second kappa shape index (κ2) is 4.58. The van der Waals surface area contributed by atoms with Crippen molar-refractivity contribution >= 4 is 0 Å². The van der Waals surface area contributed by atoms with E-state index in [2.05, 4.69) is 6.07 Å². The van der Waals surface area contributed by atoms with Crippen LogP contribution in [-0.4, -0.2) is 16.8 Å². The van der Waals surface area contributed by atoms with E-state index in [-0.39, 0.29) is 5.41 Å². The van der Waals surface area contributed by atoms with Crippen LogP contribution >= 0.6 is 0 Å². The summed E-state index contributed by atoms with van der Waals surface area (Å²) in [5, 5.41) is 19.6. The maximum atomic E-state index is 9.83. The van der Waals surface area contributed by atoms with Crippen molar-refractivity contribution in [3.63, 3.8) is 0 Å². The van der Waals surface area contributed by atoms with Crippen LogP contribution in [0.25, 0.3) is 0 Å². The second-order valence-electron chi connectivity index (χ2n) is 6.04. The Morgan fingerprint density at radius 1 is 1.17 bits per heavy atom. The molecular formula is C16H22O2. The Bertz CT molecular complexity index is 417. The number of hydrogen-bond acceptors (Lipinski definition) is 2. The molecule has 2 heteroatoms. The second-order valence-corrected chi connectivity index (χ2v) is 6.04. The number of rotatable bonds is 2. The van der Waals surface area contributed by atoms with Gasteiger partial charge in [0.05, 0.1) is 0 Å². The van der Waals surface area contributed by atoms with Gasteiger partial charge in [-0.3, -0.25) is 0 Å². The Hall–Kier alpha value is -1.02. The van der Waals surface area contributed by atoms with Crippen molar-refractivity contribution in [1.29, 1.82) is 0 Å². The smallest absolute Gasteiger partial charge is 0.115 e. The number of aromatic hydroxyl groups is 1. The van der Waals surface area contributed by atoms with Gasteiger partial charge in [-0.15, -0.1) is 0 Å². The zero-order valence-corrected chi connectivity index (χ0v) is 10.8. The van der Waals surface area contributed by atoms with Gasteiger partial charge in [0.25, 0.3) is 0 Å². The van der Waals surface area contributed by atoms with Crippen LogP contribution in [0.1, 0.15) is 44.1 Å². The van der Waals surface area contributed by atoms with Gasteiger partial charge in [-0.1, -0.05) is 37.8 Å². The first-order valence-electron chi connectivity index (χ1n) is 7.17. The van der Waals surface area contributed by atoms with Crippen LogP contribution in [0.4, 0.5) is 0 Å². The zero-order chi connectivity index (χ0) is 12.6. The molecule has 0 aromatic heterocycles. The van der Waals surface area contributed by atoms with Crippen molar-refractivity contribution < 1.29 is 10.2 Å². The normalized spacial score (nSPS) is 35.4. The van der Waals surface area contributed by atoms with Crippen LogP contribution in [0, 0.1) is 11.8 Å². The molecule has 3 rings (SSSR count). The molecule has 0 unspecified atom stereocenters. The fourth-order valence-corrected chi connectivity index (χ4v) is 4.50. The van der Waals surface area contributed by atoms with Crippen LogP contribution in [-0.2, 0) is 5.41 Å². The minimum absolute atomic E-state index is 0.120. The number of benzene rings is 1. The topological polar surface area (TPSA) is 40.5 Å². The minimum Gasteiger partial charge on any atom is -0.508 e. The Balaban J connectivity index is 2.04. The van der Waals surface area contributed by atoms with Gasteiger partial charge in [-0.05, 0) is 42.4 Å². The highest BCUT2D eigenvalue weighted by Gasteiger charge is 2.48. The highest BCUT2D eigenvalue weighted by atomic mass is 16.3. The molecule has 2 aliphatic rings. The molecule has 1 atom stereocenters. The SMILES string of the molecule is OC[C@H]1C2CCCC1(c1cccc(O)c1)CCC2. The highest BCUT2D eigenvalue weighted by molar-refractivity contribution is 5.35. The van der Waals surface area contributed by atoms with E-state index in [4.69, 9.17) is 0 Å². The van der Waals surface area contributed by atoms with Crippen molar-refractivity contribution in [2.75, 3.05) is 6.61 Å². The zero-order valence-electron chi connectivity index (χ0n) is 10.8. The van der Waals surface area contributed by atoms with Gasteiger partial charge in [-0.25, -0.2) is 0 Å². The molecule has 1 aromatic carbocycles. The van der Waals surface area contributed by atoms with Crippen molar-refractivity contribution in [2.45, 2.75) is 43.9 Å². The lowest BCUT2D eigenvalue weighted by Crippen LogP contribution is -2.47. The third-order valence-electron chi connectivity index (χ3n) is 5.29. The number of fused-ring (bicyclic) bond motifs is 2. The van der Waals surface area contributed by atoms with Crippen LogP contribution in [0.3, 0.4) is 0 Å². The molecule has 18 heavy (non-hydrogen) atoms. The maximum absolute atomic E-state index is 9.83. The van der Waals surface area contributed by atoms with E-state index < -0.39 is 0 Å². The Morgan fingerprint density at radius 2 is 1.89 bits per heavy atom. The predicted molar refractivity (Wildman–Crippen MR) is 71.6 cm³/mol. The van der Waals surface area contributed by atoms with Crippen LogP contribution in [0.2, 0.25) is 0 Å². The summed E-state index contributed by atoms with van der Waals surface area (Å²) in [6, 6.07) is 7.72. The first-order valence-corrected chi connectivity index (χ1v) is 7.17. The quantitative estimate of drug-likeness (QED) is 0.841. The van der Waals surface area contributed by atoms with E-state index >= 15 is 0 Å². The molecule has 98 valence electrons. The molecule has 2 nitrogen and oxygen atoms in total. The summed E-state index contributed by atoms with van der Waals surface area (Å²) in [7, 11) is 0. The van der Waals surface area contributed by atoms with Gasteiger partial charge >= 0.3 is 0 Å². The van der Waals surface area contributed by atoms with Crippen molar-refractivity contribution in [1.82, 2.24) is 0 Å². The van der Waals surface area contributed by atoms with Gasteiger partial charge in [0, 0.05) is 12.0 Å². The third kappa shape index (κ3) is 1.74. The monoisotopic (exact) mass is 246 g/mol. The summed E-state index contributed by atoms with van der Waals surface area (Å²) < 4.78 is 0. The van der Waals surface area contributed by atoms with Gasteiger partial charge in [0.1, 0.15) is 5.75 Å². The lowest BCUT2D eigenvalue weighted by molar-refractivity contribution is 0.0139. The molecule has 0 heterocycles. The Kier molecular flexibility index (Phi) is 3.06. The maximum Gasteiger partial charge on any atom is 0.115 e. The summed E-state index contributed by atoms with van der Waals surface area (Å²) >= 11 is 0. The molecule has 0 aliphatic heterocycles. The predicted octanol–water partition coefficient (Wildman–Crippen LogP) is 3.22. The molecule has 2 aliphatic carbocycles. The van der Waals surface area contributed by atoms with Gasteiger partial charge < -0.3 is 10.2 Å². The number of phenols is 1. The lowest BCUT2D eigenvalue weighted by Gasteiger charge is -2.52. The fourth-order valence-electron chi connectivity index (χ4n) is 4.50. The molecule has 0 amide bonds. The summed E-state index contributed by atoms with van der Waals surface area (Å²) in [5.41, 5.74) is 1.36. The summed E-state index contributed by atoms with van der Waals surface area (Å²) in [4.78, 5) is 0. The van der Waals surface area contributed by atoms with Crippen LogP contribution < -0.4 is 0 Å². The van der Waals surface area contributed by atoms with Crippen LogP contribution in [0.5, 0.6) is 5.75 Å². The van der Waals surface area contributed by atoms with Gasteiger partial charge in [0.15, 0.2) is 0 Å². The molecule has 2 bridgehead atoms. The van der Waals surface area contributed by atoms with E-state index in [0.29, 0.717) is 24.2 Å². The fraction of sp³-hybridized carbons (Fsp3) is 0.625. The lowest BCUT2D eigenvalue weighted by atomic mass is 9.53. The minimum atomic E-state index is 0.120. The van der Waals surface area contributed by atoms with E-state index in [1.807, 2.05) is 12.1 Å². The Labute approximate surface area is 109 Å². The van der Waals surface area contributed by atoms with Gasteiger partial charge in [-0.2, -0.15) is 0 Å². The molecule has 2 saturated carbocycles. The van der Waals surface area contributed by atoms with E-state index in [9.17, 15) is 10.2 Å². The van der Waals surface area contributed by atoms with E-state index in [0.717, 1.165) is 12.8 Å². The van der Waals surface area contributed by atoms with Crippen molar-refractivity contribution in [3.05, 3.63) is 29.8 Å². The molecular weight excluding hydrogens is 224 g/mol. The highest BCUT2D eigenvalue weighted by Crippen LogP contribution is 2.54. The standard InChI is InChI=1S/C16H22O2/c17-11-15-12-4-2-8-16(15,9-3-5-12)13-6-1-7-14(18)10-13/h1,6-7,10,12,15,17-18H,2-5,8-9,11H2/t12?,15-,16?/m0/s1. The largest absolute Gasteiger partial charge is 0.508 e. The summed E-state index contributed by atoms with van der Waals surface area (Å²) in [6.07, 6.45) is 7.39. The first-order chi connectivity index (χ1) is 8.76. The van der Waals surface area contributed by atoms with Crippen molar-refractivity contribution in [2.24, 2.45) is 11.8 Å². The number of hydrogen-bond donors (Lipinski definition) is 2.